The fourth-order valence-corrected chi connectivity index (χ4v) is 2.05. The molecule has 122 valence electrons. The smallest absolute Gasteiger partial charge is 0.262 e. The van der Waals surface area contributed by atoms with E-state index in [-0.39, 0.29) is 12.5 Å². The lowest BCUT2D eigenvalue weighted by atomic mass is 10.0. The van der Waals surface area contributed by atoms with Gasteiger partial charge in [-0.2, -0.15) is 0 Å². The molecule has 0 saturated carbocycles. The largest absolute Gasteiger partial charge is 0.483 e. The summed E-state index contributed by atoms with van der Waals surface area (Å²) in [6, 6.07) is 9.50. The van der Waals surface area contributed by atoms with E-state index in [2.05, 4.69) is 30.2 Å². The van der Waals surface area contributed by atoms with E-state index in [1.165, 1.54) is 5.56 Å². The van der Waals surface area contributed by atoms with Crippen molar-refractivity contribution >= 4 is 11.6 Å². The first-order valence-electron chi connectivity index (χ1n) is 7.53. The van der Waals surface area contributed by atoms with Crippen LogP contribution in [0.25, 0.3) is 0 Å². The third-order valence-electron chi connectivity index (χ3n) is 3.47. The molecule has 23 heavy (non-hydrogen) atoms. The zero-order valence-corrected chi connectivity index (χ0v) is 13.9. The summed E-state index contributed by atoms with van der Waals surface area (Å²) in [6.07, 6.45) is 1.54. The van der Waals surface area contributed by atoms with E-state index in [0.29, 0.717) is 17.5 Å². The number of nitrogens with zero attached hydrogens (tertiary/aromatic N) is 1. The number of hydrogen-bond acceptors (Lipinski definition) is 4. The summed E-state index contributed by atoms with van der Waals surface area (Å²) < 4.78 is 10.6. The Balaban J connectivity index is 1.94. The van der Waals surface area contributed by atoms with Gasteiger partial charge in [-0.25, -0.2) is 4.98 Å². The van der Waals surface area contributed by atoms with Crippen LogP contribution in [0, 0.1) is 6.92 Å². The molecule has 1 aromatic carbocycles. The SMILES string of the molecule is COc1ccc(NC(=O)COc2cc(C(C)C)ccc2C)cn1. The molecule has 0 spiro atoms. The summed E-state index contributed by atoms with van der Waals surface area (Å²) in [6.45, 7) is 6.16. The average molecular weight is 314 g/mol. The van der Waals surface area contributed by atoms with Crippen LogP contribution in [-0.4, -0.2) is 24.6 Å². The zero-order valence-electron chi connectivity index (χ0n) is 13.9. The molecule has 2 rings (SSSR count). The van der Waals surface area contributed by atoms with Crippen molar-refractivity contribution in [2.75, 3.05) is 19.0 Å². The van der Waals surface area contributed by atoms with Gasteiger partial charge >= 0.3 is 0 Å². The van der Waals surface area contributed by atoms with E-state index in [0.717, 1.165) is 11.3 Å². The predicted molar refractivity (Wildman–Crippen MR) is 90.2 cm³/mol. The molecular weight excluding hydrogens is 292 g/mol. The highest BCUT2D eigenvalue weighted by Gasteiger charge is 2.08. The maximum Gasteiger partial charge on any atom is 0.262 e. The van der Waals surface area contributed by atoms with Crippen molar-refractivity contribution in [3.8, 4) is 11.6 Å². The number of aromatic nitrogens is 1. The van der Waals surface area contributed by atoms with Crippen LogP contribution in [0.4, 0.5) is 5.69 Å². The standard InChI is InChI=1S/C18H22N2O3/c1-12(2)14-6-5-13(3)16(9-14)23-11-17(21)20-15-7-8-18(22-4)19-10-15/h5-10,12H,11H2,1-4H3,(H,20,21). The fraction of sp³-hybridized carbons (Fsp3) is 0.333. The molecule has 0 unspecified atom stereocenters. The summed E-state index contributed by atoms with van der Waals surface area (Å²) in [5, 5.41) is 2.74. The van der Waals surface area contributed by atoms with E-state index >= 15 is 0 Å². The van der Waals surface area contributed by atoms with Gasteiger partial charge in [-0.3, -0.25) is 4.79 Å². The van der Waals surface area contributed by atoms with Gasteiger partial charge in [-0.1, -0.05) is 26.0 Å². The lowest BCUT2D eigenvalue weighted by Gasteiger charge is -2.13. The van der Waals surface area contributed by atoms with Crippen LogP contribution in [0.3, 0.4) is 0 Å². The molecule has 0 aliphatic rings. The minimum Gasteiger partial charge on any atom is -0.483 e. The summed E-state index contributed by atoms with van der Waals surface area (Å²) in [4.78, 5) is 16.0. The monoisotopic (exact) mass is 314 g/mol. The Labute approximate surface area is 136 Å². The molecule has 0 aliphatic heterocycles. The molecule has 2 aromatic rings. The molecular formula is C18H22N2O3. The Hall–Kier alpha value is -2.56. The first-order valence-corrected chi connectivity index (χ1v) is 7.53. The number of amides is 1. The van der Waals surface area contributed by atoms with Crippen molar-refractivity contribution in [1.82, 2.24) is 4.98 Å². The maximum atomic E-state index is 12.0. The van der Waals surface area contributed by atoms with Crippen LogP contribution < -0.4 is 14.8 Å². The second-order valence-electron chi connectivity index (χ2n) is 5.61. The van der Waals surface area contributed by atoms with Crippen molar-refractivity contribution in [3.63, 3.8) is 0 Å². The molecule has 0 atom stereocenters. The Morgan fingerprint density at radius 2 is 2.04 bits per heavy atom. The lowest BCUT2D eigenvalue weighted by Crippen LogP contribution is -2.20. The van der Waals surface area contributed by atoms with Gasteiger partial charge in [0.25, 0.3) is 5.91 Å². The van der Waals surface area contributed by atoms with Crippen molar-refractivity contribution in [2.24, 2.45) is 0 Å². The maximum absolute atomic E-state index is 12.0. The second-order valence-corrected chi connectivity index (χ2v) is 5.61. The number of methoxy groups -OCH3 is 1. The van der Waals surface area contributed by atoms with Gasteiger partial charge in [-0.15, -0.1) is 0 Å². The van der Waals surface area contributed by atoms with Crippen LogP contribution in [-0.2, 0) is 4.79 Å². The number of ether oxygens (including phenoxy) is 2. The minimum absolute atomic E-state index is 0.0472. The van der Waals surface area contributed by atoms with Crippen molar-refractivity contribution < 1.29 is 14.3 Å². The molecule has 0 aliphatic carbocycles. The second kappa shape index (κ2) is 7.63. The van der Waals surface area contributed by atoms with E-state index in [1.807, 2.05) is 19.1 Å². The number of rotatable bonds is 6. The molecule has 0 saturated heterocycles. The molecule has 1 heterocycles. The number of pyridine rings is 1. The highest BCUT2D eigenvalue weighted by molar-refractivity contribution is 5.91. The first kappa shape index (κ1) is 16.8. The number of nitrogens with one attached hydrogen (secondary N) is 1. The van der Waals surface area contributed by atoms with Crippen molar-refractivity contribution in [1.29, 1.82) is 0 Å². The van der Waals surface area contributed by atoms with E-state index < -0.39 is 0 Å². The van der Waals surface area contributed by atoms with Crippen LogP contribution >= 0.6 is 0 Å². The number of anilines is 1. The van der Waals surface area contributed by atoms with Crippen molar-refractivity contribution in [2.45, 2.75) is 26.7 Å². The molecule has 1 amide bonds. The number of carbonyl (C=O) groups excluding carboxylic acids is 1. The first-order chi connectivity index (χ1) is 11.0. The Morgan fingerprint density at radius 1 is 1.26 bits per heavy atom. The topological polar surface area (TPSA) is 60.5 Å². The lowest BCUT2D eigenvalue weighted by molar-refractivity contribution is -0.118. The van der Waals surface area contributed by atoms with Gasteiger partial charge in [0.15, 0.2) is 6.61 Å². The van der Waals surface area contributed by atoms with E-state index in [9.17, 15) is 4.79 Å². The van der Waals surface area contributed by atoms with Crippen molar-refractivity contribution in [3.05, 3.63) is 47.7 Å². The van der Waals surface area contributed by atoms with Crippen LogP contribution in [0.1, 0.15) is 30.9 Å². The number of aryl methyl sites for hydroxylation is 1. The molecule has 0 bridgehead atoms. The highest BCUT2D eigenvalue weighted by Crippen LogP contribution is 2.24. The van der Waals surface area contributed by atoms with Gasteiger partial charge in [0.1, 0.15) is 5.75 Å². The Morgan fingerprint density at radius 3 is 2.65 bits per heavy atom. The molecule has 1 aromatic heterocycles. The van der Waals surface area contributed by atoms with E-state index in [4.69, 9.17) is 9.47 Å². The van der Waals surface area contributed by atoms with Crippen LogP contribution in [0.2, 0.25) is 0 Å². The van der Waals surface area contributed by atoms with Gasteiger partial charge in [-0.05, 0) is 36.1 Å². The Kier molecular flexibility index (Phi) is 5.57. The number of hydrogen-bond donors (Lipinski definition) is 1. The molecule has 0 radical (unpaired) electrons. The summed E-state index contributed by atoms with van der Waals surface area (Å²) >= 11 is 0. The number of carbonyl (C=O) groups is 1. The third kappa shape index (κ3) is 4.71. The predicted octanol–water partition coefficient (Wildman–Crippen LogP) is 3.54. The Bertz CT molecular complexity index is 666. The van der Waals surface area contributed by atoms with E-state index in [1.54, 1.807) is 25.4 Å². The van der Waals surface area contributed by atoms with Gasteiger partial charge in [0, 0.05) is 6.07 Å². The molecule has 0 fully saturated rings. The van der Waals surface area contributed by atoms with Gasteiger partial charge < -0.3 is 14.8 Å². The fourth-order valence-electron chi connectivity index (χ4n) is 2.05. The van der Waals surface area contributed by atoms with Gasteiger partial charge in [0.2, 0.25) is 5.88 Å². The molecule has 5 nitrogen and oxygen atoms in total. The summed E-state index contributed by atoms with van der Waals surface area (Å²) in [7, 11) is 1.54. The average Bonchev–Trinajstić information content (AvgIpc) is 2.54. The summed E-state index contributed by atoms with van der Waals surface area (Å²) in [5.74, 6) is 1.42. The van der Waals surface area contributed by atoms with Crippen LogP contribution in [0.15, 0.2) is 36.5 Å². The third-order valence-corrected chi connectivity index (χ3v) is 3.47. The molecule has 5 heteroatoms. The van der Waals surface area contributed by atoms with Gasteiger partial charge in [0.05, 0.1) is 19.0 Å². The minimum atomic E-state index is -0.230. The zero-order chi connectivity index (χ0) is 16.8. The quantitative estimate of drug-likeness (QED) is 0.886. The normalized spacial score (nSPS) is 10.5. The van der Waals surface area contributed by atoms with Crippen LogP contribution in [0.5, 0.6) is 11.6 Å². The highest BCUT2D eigenvalue weighted by atomic mass is 16.5. The summed E-state index contributed by atoms with van der Waals surface area (Å²) in [5.41, 5.74) is 2.80. The molecule has 1 N–H and O–H groups in total. The number of benzene rings is 1.